The Morgan fingerprint density at radius 3 is 2.13 bits per heavy atom. The van der Waals surface area contributed by atoms with Gasteiger partial charge in [0.25, 0.3) is 0 Å². The summed E-state index contributed by atoms with van der Waals surface area (Å²) in [5.74, 6) is -0.731. The van der Waals surface area contributed by atoms with Gasteiger partial charge in [-0.2, -0.15) is 0 Å². The van der Waals surface area contributed by atoms with Crippen LogP contribution in [-0.2, 0) is 4.79 Å². The molecule has 1 aliphatic rings. The third-order valence-corrected chi connectivity index (χ3v) is 3.51. The second kappa shape index (κ2) is 4.49. The fraction of sp³-hybridized carbons (Fsp3) is 0.909. The van der Waals surface area contributed by atoms with Crippen LogP contribution in [0.1, 0.15) is 26.7 Å². The van der Waals surface area contributed by atoms with Gasteiger partial charge >= 0.3 is 5.97 Å². The summed E-state index contributed by atoms with van der Waals surface area (Å²) in [4.78, 5) is 15.4. The number of carbonyl (C=O) groups is 1. The Morgan fingerprint density at radius 2 is 1.80 bits per heavy atom. The molecule has 1 saturated heterocycles. The van der Waals surface area contributed by atoms with E-state index >= 15 is 0 Å². The molecule has 0 aliphatic carbocycles. The average molecular weight is 214 g/mol. The number of carboxylic acids is 1. The summed E-state index contributed by atoms with van der Waals surface area (Å²) >= 11 is 0. The van der Waals surface area contributed by atoms with Gasteiger partial charge in [-0.3, -0.25) is 9.69 Å². The van der Waals surface area contributed by atoms with Crippen LogP contribution in [0.4, 0.5) is 0 Å². The molecule has 15 heavy (non-hydrogen) atoms. The minimum absolute atomic E-state index is 0.603. The lowest BCUT2D eigenvalue weighted by Crippen LogP contribution is -2.55. The third-order valence-electron chi connectivity index (χ3n) is 3.51. The van der Waals surface area contributed by atoms with Crippen molar-refractivity contribution in [3.63, 3.8) is 0 Å². The van der Waals surface area contributed by atoms with Gasteiger partial charge in [-0.1, -0.05) is 0 Å². The van der Waals surface area contributed by atoms with Gasteiger partial charge in [0.1, 0.15) is 5.54 Å². The summed E-state index contributed by atoms with van der Waals surface area (Å²) in [5.41, 5.74) is -0.725. The Kier molecular flexibility index (Phi) is 3.73. The van der Waals surface area contributed by atoms with E-state index in [0.717, 1.165) is 25.9 Å². The van der Waals surface area contributed by atoms with E-state index in [1.807, 2.05) is 0 Å². The van der Waals surface area contributed by atoms with Crippen LogP contribution in [0.15, 0.2) is 0 Å². The Bertz CT molecular complexity index is 231. The number of piperidine rings is 1. The molecule has 1 rings (SSSR count). The summed E-state index contributed by atoms with van der Waals surface area (Å²) < 4.78 is 0. The van der Waals surface area contributed by atoms with Gasteiger partial charge in [0.15, 0.2) is 0 Å². The number of hydrogen-bond donors (Lipinski definition) is 1. The molecule has 1 N–H and O–H groups in total. The predicted molar refractivity (Wildman–Crippen MR) is 60.0 cm³/mol. The molecule has 0 bridgehead atoms. The molecule has 88 valence electrons. The lowest BCUT2D eigenvalue weighted by molar-refractivity contribution is -0.150. The Labute approximate surface area is 91.9 Å². The second-order valence-corrected chi connectivity index (χ2v) is 5.05. The first-order chi connectivity index (χ1) is 6.85. The van der Waals surface area contributed by atoms with Crippen LogP contribution in [0.5, 0.6) is 0 Å². The Balaban J connectivity index is 2.54. The number of likely N-dealkylation sites (tertiary alicyclic amines) is 1. The molecule has 0 spiro atoms. The standard InChI is InChI=1S/C11H22N2O2/c1-11(2,10(14)15)13-7-5-9(6-8-13)12(3)4/h9H,5-8H2,1-4H3,(H,14,15). The molecule has 0 atom stereocenters. The molecule has 1 aliphatic heterocycles. The Morgan fingerprint density at radius 1 is 1.33 bits per heavy atom. The third kappa shape index (κ3) is 2.69. The average Bonchev–Trinajstić information content (AvgIpc) is 2.17. The monoisotopic (exact) mass is 214 g/mol. The zero-order valence-electron chi connectivity index (χ0n) is 10.2. The lowest BCUT2D eigenvalue weighted by atomic mass is 9.96. The quantitative estimate of drug-likeness (QED) is 0.757. The van der Waals surface area contributed by atoms with Crippen LogP contribution >= 0.6 is 0 Å². The summed E-state index contributed by atoms with van der Waals surface area (Å²) in [6.07, 6.45) is 2.12. The van der Waals surface area contributed by atoms with E-state index in [2.05, 4.69) is 23.9 Å². The first-order valence-electron chi connectivity index (χ1n) is 5.50. The minimum atomic E-state index is -0.731. The summed E-state index contributed by atoms with van der Waals surface area (Å²) in [7, 11) is 4.17. The van der Waals surface area contributed by atoms with E-state index in [-0.39, 0.29) is 0 Å². The molecule has 0 saturated carbocycles. The van der Waals surface area contributed by atoms with Crippen molar-refractivity contribution in [2.24, 2.45) is 0 Å². The molecule has 0 aromatic heterocycles. The highest BCUT2D eigenvalue weighted by Gasteiger charge is 2.36. The van der Waals surface area contributed by atoms with Gasteiger partial charge in [-0.05, 0) is 40.8 Å². The molecule has 1 fully saturated rings. The van der Waals surface area contributed by atoms with Gasteiger partial charge in [-0.25, -0.2) is 0 Å². The van der Waals surface area contributed by atoms with Crippen molar-refractivity contribution >= 4 is 5.97 Å². The van der Waals surface area contributed by atoms with Crippen LogP contribution in [0.25, 0.3) is 0 Å². The second-order valence-electron chi connectivity index (χ2n) is 5.05. The molecule has 4 nitrogen and oxygen atoms in total. The normalized spacial score (nSPS) is 20.9. The van der Waals surface area contributed by atoms with Gasteiger partial charge in [-0.15, -0.1) is 0 Å². The number of rotatable bonds is 3. The van der Waals surface area contributed by atoms with E-state index in [1.165, 1.54) is 0 Å². The largest absolute Gasteiger partial charge is 0.480 e. The molecule has 1 heterocycles. The minimum Gasteiger partial charge on any atom is -0.480 e. The maximum Gasteiger partial charge on any atom is 0.323 e. The Hall–Kier alpha value is -0.610. The molecule has 0 aromatic rings. The number of carboxylic acid groups (broad SMARTS) is 1. The van der Waals surface area contributed by atoms with Gasteiger partial charge < -0.3 is 10.0 Å². The van der Waals surface area contributed by atoms with Crippen LogP contribution in [0.2, 0.25) is 0 Å². The van der Waals surface area contributed by atoms with E-state index in [1.54, 1.807) is 13.8 Å². The fourth-order valence-electron chi connectivity index (χ4n) is 2.08. The van der Waals surface area contributed by atoms with Crippen LogP contribution in [0.3, 0.4) is 0 Å². The highest BCUT2D eigenvalue weighted by atomic mass is 16.4. The first-order valence-corrected chi connectivity index (χ1v) is 5.50. The maximum atomic E-state index is 11.1. The number of aliphatic carboxylic acids is 1. The van der Waals surface area contributed by atoms with Crippen LogP contribution in [-0.4, -0.2) is 59.6 Å². The van der Waals surface area contributed by atoms with Gasteiger partial charge in [0.2, 0.25) is 0 Å². The zero-order valence-corrected chi connectivity index (χ0v) is 10.2. The van der Waals surface area contributed by atoms with Crippen LogP contribution in [0, 0.1) is 0 Å². The SMILES string of the molecule is CN(C)C1CCN(C(C)(C)C(=O)O)CC1. The van der Waals surface area contributed by atoms with Gasteiger partial charge in [0.05, 0.1) is 0 Å². The van der Waals surface area contributed by atoms with Crippen molar-refractivity contribution in [2.45, 2.75) is 38.3 Å². The molecule has 0 unspecified atom stereocenters. The van der Waals surface area contributed by atoms with Crippen molar-refractivity contribution in [3.05, 3.63) is 0 Å². The van der Waals surface area contributed by atoms with E-state index in [9.17, 15) is 4.79 Å². The molecule has 4 heteroatoms. The fourth-order valence-corrected chi connectivity index (χ4v) is 2.08. The highest BCUT2D eigenvalue weighted by Crippen LogP contribution is 2.22. The van der Waals surface area contributed by atoms with Crippen molar-refractivity contribution in [2.75, 3.05) is 27.2 Å². The van der Waals surface area contributed by atoms with Crippen molar-refractivity contribution in [3.8, 4) is 0 Å². The summed E-state index contributed by atoms with van der Waals surface area (Å²) in [5, 5.41) is 9.12. The summed E-state index contributed by atoms with van der Waals surface area (Å²) in [6, 6.07) is 0.603. The molecular weight excluding hydrogens is 192 g/mol. The number of nitrogens with zero attached hydrogens (tertiary/aromatic N) is 2. The van der Waals surface area contributed by atoms with Crippen molar-refractivity contribution < 1.29 is 9.90 Å². The van der Waals surface area contributed by atoms with Crippen molar-refractivity contribution in [1.29, 1.82) is 0 Å². The van der Waals surface area contributed by atoms with Gasteiger partial charge in [0, 0.05) is 19.1 Å². The molecule has 0 amide bonds. The predicted octanol–water partition coefficient (Wildman–Crippen LogP) is 0.876. The molecule has 0 radical (unpaired) electrons. The highest BCUT2D eigenvalue weighted by molar-refractivity contribution is 5.77. The first kappa shape index (κ1) is 12.5. The van der Waals surface area contributed by atoms with E-state index < -0.39 is 11.5 Å². The zero-order chi connectivity index (χ0) is 11.6. The maximum absolute atomic E-state index is 11.1. The van der Waals surface area contributed by atoms with E-state index in [0.29, 0.717) is 6.04 Å². The lowest BCUT2D eigenvalue weighted by Gasteiger charge is -2.41. The summed E-state index contributed by atoms with van der Waals surface area (Å²) in [6.45, 7) is 5.32. The van der Waals surface area contributed by atoms with E-state index in [4.69, 9.17) is 5.11 Å². The molecule has 0 aromatic carbocycles. The number of hydrogen-bond acceptors (Lipinski definition) is 3. The molecular formula is C11H22N2O2. The smallest absolute Gasteiger partial charge is 0.323 e. The van der Waals surface area contributed by atoms with Crippen molar-refractivity contribution in [1.82, 2.24) is 9.80 Å². The van der Waals surface area contributed by atoms with Crippen LogP contribution < -0.4 is 0 Å². The topological polar surface area (TPSA) is 43.8 Å².